The van der Waals surface area contributed by atoms with Crippen LogP contribution in [0.3, 0.4) is 0 Å². The van der Waals surface area contributed by atoms with Gasteiger partial charge in [0.2, 0.25) is 0 Å². The van der Waals surface area contributed by atoms with Gasteiger partial charge in [-0.1, -0.05) is 23.8 Å². The van der Waals surface area contributed by atoms with Gasteiger partial charge in [-0.25, -0.2) is 14.6 Å². The van der Waals surface area contributed by atoms with Crippen molar-refractivity contribution in [3.05, 3.63) is 54.5 Å². The van der Waals surface area contributed by atoms with E-state index < -0.39 is 0 Å². The lowest BCUT2D eigenvalue weighted by Crippen LogP contribution is -2.36. The van der Waals surface area contributed by atoms with Crippen LogP contribution in [0.2, 0.25) is 0 Å². The van der Waals surface area contributed by atoms with E-state index in [0.29, 0.717) is 0 Å². The molecule has 0 atom stereocenters. The Hall–Kier alpha value is -3.23. The molecule has 0 radical (unpaired) electrons. The number of likely N-dealkylation sites (N-methyl/N-ethyl adjacent to an activating group) is 1. The zero-order valence-corrected chi connectivity index (χ0v) is 18.9. The smallest absolute Gasteiger partial charge is 0.164 e. The first-order valence-corrected chi connectivity index (χ1v) is 11.0. The Morgan fingerprint density at radius 1 is 1.09 bits per heavy atom. The maximum absolute atomic E-state index is 5.57. The summed E-state index contributed by atoms with van der Waals surface area (Å²) in [6.07, 6.45) is 3.88. The second-order valence-electron chi connectivity index (χ2n) is 8.53. The van der Waals surface area contributed by atoms with Gasteiger partial charge in [0, 0.05) is 44.0 Å². The van der Waals surface area contributed by atoms with Crippen LogP contribution in [0.4, 0.5) is 5.69 Å². The van der Waals surface area contributed by atoms with Gasteiger partial charge in [-0.15, -0.1) is 0 Å². The minimum Gasteiger partial charge on any atom is -0.378 e. The summed E-state index contributed by atoms with van der Waals surface area (Å²) < 4.78 is 9.57. The third kappa shape index (κ3) is 4.11. The van der Waals surface area contributed by atoms with Crippen LogP contribution in [0.25, 0.3) is 28.2 Å². The number of aryl methyl sites for hydroxylation is 1. The molecule has 0 aliphatic carbocycles. The minimum absolute atomic E-state index is 0.722. The van der Waals surface area contributed by atoms with Gasteiger partial charge in [0.1, 0.15) is 5.52 Å². The second-order valence-corrected chi connectivity index (χ2v) is 8.53. The number of aromatic nitrogens is 5. The van der Waals surface area contributed by atoms with Gasteiger partial charge in [0.05, 0.1) is 30.9 Å². The quantitative estimate of drug-likeness (QED) is 0.468. The lowest BCUT2D eigenvalue weighted by molar-refractivity contribution is 0.123. The molecular formula is C24H29N7O. The number of morpholine rings is 1. The van der Waals surface area contributed by atoms with E-state index in [4.69, 9.17) is 19.8 Å². The van der Waals surface area contributed by atoms with E-state index in [9.17, 15) is 0 Å². The molecule has 1 aromatic carbocycles. The summed E-state index contributed by atoms with van der Waals surface area (Å²) in [5, 5.41) is 4.85. The highest BCUT2D eigenvalue weighted by Gasteiger charge is 2.20. The highest BCUT2D eigenvalue weighted by atomic mass is 16.5. The average molecular weight is 432 g/mol. The van der Waals surface area contributed by atoms with Gasteiger partial charge in [-0.2, -0.15) is 5.10 Å². The normalized spacial score (nSPS) is 14.6. The molecule has 166 valence electrons. The molecule has 4 heterocycles. The van der Waals surface area contributed by atoms with E-state index in [1.165, 1.54) is 5.56 Å². The van der Waals surface area contributed by atoms with Crippen molar-refractivity contribution in [2.24, 2.45) is 0 Å². The van der Waals surface area contributed by atoms with Crippen LogP contribution in [0, 0.1) is 6.92 Å². The molecule has 0 spiro atoms. The zero-order valence-electron chi connectivity index (χ0n) is 18.9. The second kappa shape index (κ2) is 8.72. The highest BCUT2D eigenvalue weighted by molar-refractivity contribution is 5.87. The molecule has 4 aromatic rings. The molecule has 32 heavy (non-hydrogen) atoms. The average Bonchev–Trinajstić information content (AvgIpc) is 3.45. The van der Waals surface area contributed by atoms with Crippen LogP contribution >= 0.6 is 0 Å². The minimum atomic E-state index is 0.722. The van der Waals surface area contributed by atoms with E-state index >= 15 is 0 Å². The Balaban J connectivity index is 1.58. The van der Waals surface area contributed by atoms with Gasteiger partial charge in [0.25, 0.3) is 0 Å². The van der Waals surface area contributed by atoms with E-state index in [0.717, 1.165) is 73.3 Å². The predicted molar refractivity (Wildman–Crippen MR) is 126 cm³/mol. The standard InChI is InChI=1S/C24H29N7O/c1-18-5-4-6-19(15-18)20-7-8-31(27-20)22-16-21(29-11-13-32-14-12-29)23-24(26-22)30(17-25-23)10-9-28(2)3/h4-8,15-17H,9-14H2,1-3H3. The van der Waals surface area contributed by atoms with E-state index in [1.807, 2.05) is 23.3 Å². The van der Waals surface area contributed by atoms with E-state index in [-0.39, 0.29) is 0 Å². The molecule has 0 amide bonds. The van der Waals surface area contributed by atoms with Crippen molar-refractivity contribution in [2.75, 3.05) is 51.8 Å². The Labute approximate surface area is 188 Å². The highest BCUT2D eigenvalue weighted by Crippen LogP contribution is 2.28. The number of nitrogens with zero attached hydrogens (tertiary/aromatic N) is 7. The van der Waals surface area contributed by atoms with Crippen LogP contribution in [-0.2, 0) is 11.3 Å². The van der Waals surface area contributed by atoms with Crippen LogP contribution < -0.4 is 4.90 Å². The molecule has 8 nitrogen and oxygen atoms in total. The first-order valence-electron chi connectivity index (χ1n) is 11.0. The molecular weight excluding hydrogens is 402 g/mol. The molecule has 8 heteroatoms. The van der Waals surface area contributed by atoms with Crippen LogP contribution in [0.5, 0.6) is 0 Å². The van der Waals surface area contributed by atoms with Crippen LogP contribution in [0.1, 0.15) is 5.56 Å². The molecule has 3 aromatic heterocycles. The van der Waals surface area contributed by atoms with Gasteiger partial charge < -0.3 is 19.1 Å². The number of pyridine rings is 1. The molecule has 0 saturated carbocycles. The van der Waals surface area contributed by atoms with Gasteiger partial charge in [-0.3, -0.25) is 0 Å². The fraction of sp³-hybridized carbons (Fsp3) is 0.375. The maximum atomic E-state index is 5.57. The molecule has 1 aliphatic rings. The fourth-order valence-corrected chi connectivity index (χ4v) is 4.05. The number of hydrogen-bond acceptors (Lipinski definition) is 6. The van der Waals surface area contributed by atoms with Crippen LogP contribution in [-0.4, -0.2) is 76.2 Å². The zero-order chi connectivity index (χ0) is 22.1. The van der Waals surface area contributed by atoms with Crippen molar-refractivity contribution in [2.45, 2.75) is 13.5 Å². The summed E-state index contributed by atoms with van der Waals surface area (Å²) in [4.78, 5) is 14.2. The largest absolute Gasteiger partial charge is 0.378 e. The molecule has 1 fully saturated rings. The predicted octanol–water partition coefficient (Wildman–Crippen LogP) is 2.99. The van der Waals surface area contributed by atoms with E-state index in [1.54, 1.807) is 0 Å². The summed E-state index contributed by atoms with van der Waals surface area (Å²) in [6, 6.07) is 12.5. The summed E-state index contributed by atoms with van der Waals surface area (Å²) in [5.74, 6) is 0.796. The monoisotopic (exact) mass is 431 g/mol. The van der Waals surface area contributed by atoms with Crippen molar-refractivity contribution in [1.82, 2.24) is 29.2 Å². The first kappa shape index (κ1) is 20.7. The van der Waals surface area contributed by atoms with Crippen LogP contribution in [0.15, 0.2) is 48.9 Å². The molecule has 5 rings (SSSR count). The van der Waals surface area contributed by atoms with Gasteiger partial charge in [0.15, 0.2) is 11.5 Å². The van der Waals surface area contributed by atoms with E-state index in [2.05, 4.69) is 65.7 Å². The van der Waals surface area contributed by atoms with Crippen molar-refractivity contribution >= 4 is 16.9 Å². The van der Waals surface area contributed by atoms with Crippen molar-refractivity contribution in [3.8, 4) is 17.1 Å². The number of benzene rings is 1. The lowest BCUT2D eigenvalue weighted by atomic mass is 10.1. The summed E-state index contributed by atoms with van der Waals surface area (Å²) in [5.41, 5.74) is 6.17. The first-order chi connectivity index (χ1) is 15.6. The summed E-state index contributed by atoms with van der Waals surface area (Å²) in [6.45, 7) is 6.98. The number of ether oxygens (including phenoxy) is 1. The third-order valence-corrected chi connectivity index (χ3v) is 5.82. The number of anilines is 1. The molecule has 0 unspecified atom stereocenters. The SMILES string of the molecule is Cc1cccc(-c2ccn(-c3cc(N4CCOCC4)c4ncn(CCN(C)C)c4n3)n2)c1. The number of hydrogen-bond donors (Lipinski definition) is 0. The lowest BCUT2D eigenvalue weighted by Gasteiger charge is -2.29. The van der Waals surface area contributed by atoms with Crippen molar-refractivity contribution in [3.63, 3.8) is 0 Å². The van der Waals surface area contributed by atoms with Crippen molar-refractivity contribution < 1.29 is 4.74 Å². The Bertz CT molecular complexity index is 1220. The fourth-order valence-electron chi connectivity index (χ4n) is 4.05. The number of imidazole rings is 1. The Kier molecular flexibility index (Phi) is 5.63. The number of fused-ring (bicyclic) bond motifs is 1. The third-order valence-electron chi connectivity index (χ3n) is 5.82. The van der Waals surface area contributed by atoms with Crippen molar-refractivity contribution in [1.29, 1.82) is 0 Å². The maximum Gasteiger partial charge on any atom is 0.164 e. The summed E-state index contributed by atoms with van der Waals surface area (Å²) >= 11 is 0. The number of rotatable bonds is 6. The summed E-state index contributed by atoms with van der Waals surface area (Å²) in [7, 11) is 4.15. The van der Waals surface area contributed by atoms with Gasteiger partial charge >= 0.3 is 0 Å². The Morgan fingerprint density at radius 2 is 1.94 bits per heavy atom. The molecule has 1 aliphatic heterocycles. The molecule has 0 N–H and O–H groups in total. The van der Waals surface area contributed by atoms with Gasteiger partial charge in [-0.05, 0) is 33.2 Å². The topological polar surface area (TPSA) is 64.2 Å². The molecule has 1 saturated heterocycles. The Morgan fingerprint density at radius 3 is 2.72 bits per heavy atom. The molecule has 0 bridgehead atoms.